The summed E-state index contributed by atoms with van der Waals surface area (Å²) >= 11 is 0. The Labute approximate surface area is 149 Å². The fourth-order valence-corrected chi connectivity index (χ4v) is 3.44. The van der Waals surface area contributed by atoms with Crippen LogP contribution in [-0.4, -0.2) is 42.1 Å². The van der Waals surface area contributed by atoms with Crippen LogP contribution >= 0.6 is 0 Å². The quantitative estimate of drug-likeness (QED) is 0.605. The van der Waals surface area contributed by atoms with Gasteiger partial charge in [0.1, 0.15) is 5.56 Å². The number of aromatic nitrogens is 5. The van der Waals surface area contributed by atoms with Gasteiger partial charge in [-0.25, -0.2) is 9.50 Å². The first-order valence-corrected chi connectivity index (χ1v) is 8.50. The van der Waals surface area contributed by atoms with Crippen molar-refractivity contribution in [2.45, 2.75) is 13.0 Å². The molecule has 1 amide bonds. The number of aromatic amines is 1. The van der Waals surface area contributed by atoms with E-state index in [0.29, 0.717) is 24.3 Å². The summed E-state index contributed by atoms with van der Waals surface area (Å²) in [5, 5.41) is 11.5. The van der Waals surface area contributed by atoms with E-state index in [1.54, 1.807) is 23.1 Å². The second-order valence-corrected chi connectivity index (χ2v) is 6.34. The average molecular weight is 344 g/mol. The van der Waals surface area contributed by atoms with Gasteiger partial charge in [-0.1, -0.05) is 30.3 Å². The third-order valence-electron chi connectivity index (χ3n) is 4.79. The number of amides is 1. The molecule has 1 N–H and O–H groups in total. The summed E-state index contributed by atoms with van der Waals surface area (Å²) in [6, 6.07) is 11.9. The van der Waals surface area contributed by atoms with Crippen molar-refractivity contribution in [3.05, 3.63) is 71.8 Å². The zero-order valence-corrected chi connectivity index (χ0v) is 14.0. The zero-order chi connectivity index (χ0) is 17.5. The monoisotopic (exact) mass is 344 g/mol. The summed E-state index contributed by atoms with van der Waals surface area (Å²) in [5.41, 5.74) is 5.22. The molecule has 128 valence electrons. The molecule has 4 heterocycles. The SMILES string of the molecule is O=C(c1cnn2c(-c3ccccc3)ccnc12)N1CCc2[nH]ncc2C1. The fraction of sp³-hybridized carbons (Fsp3) is 0.158. The average Bonchev–Trinajstić information content (AvgIpc) is 3.34. The molecule has 7 nitrogen and oxygen atoms in total. The highest BCUT2D eigenvalue weighted by molar-refractivity contribution is 6.00. The Morgan fingerprint density at radius 2 is 2.00 bits per heavy atom. The number of hydrogen-bond donors (Lipinski definition) is 1. The van der Waals surface area contributed by atoms with Gasteiger partial charge in [-0.2, -0.15) is 10.2 Å². The lowest BCUT2D eigenvalue weighted by Crippen LogP contribution is -2.35. The molecule has 0 atom stereocenters. The fourth-order valence-electron chi connectivity index (χ4n) is 3.44. The molecule has 0 aliphatic carbocycles. The van der Waals surface area contributed by atoms with Gasteiger partial charge in [-0.15, -0.1) is 0 Å². The van der Waals surface area contributed by atoms with Gasteiger partial charge in [0.15, 0.2) is 5.65 Å². The number of nitrogens with one attached hydrogen (secondary N) is 1. The Balaban J connectivity index is 1.53. The lowest BCUT2D eigenvalue weighted by Gasteiger charge is -2.26. The minimum Gasteiger partial charge on any atom is -0.334 e. The summed E-state index contributed by atoms with van der Waals surface area (Å²) in [5.74, 6) is -0.0513. The van der Waals surface area contributed by atoms with Crippen molar-refractivity contribution < 1.29 is 4.79 Å². The number of fused-ring (bicyclic) bond motifs is 2. The molecule has 0 unspecified atom stereocenters. The van der Waals surface area contributed by atoms with Crippen molar-refractivity contribution in [3.8, 4) is 11.3 Å². The Bertz CT molecular complexity index is 1100. The summed E-state index contributed by atoms with van der Waals surface area (Å²) in [4.78, 5) is 19.3. The lowest BCUT2D eigenvalue weighted by atomic mass is 10.1. The van der Waals surface area contributed by atoms with Crippen molar-refractivity contribution >= 4 is 11.6 Å². The molecular weight excluding hydrogens is 328 g/mol. The Kier molecular flexibility index (Phi) is 3.31. The Hall–Kier alpha value is -3.48. The minimum absolute atomic E-state index is 0.0513. The topological polar surface area (TPSA) is 79.2 Å². The Morgan fingerprint density at radius 1 is 1.12 bits per heavy atom. The highest BCUT2D eigenvalue weighted by Gasteiger charge is 2.26. The van der Waals surface area contributed by atoms with Crippen molar-refractivity contribution in [2.75, 3.05) is 6.54 Å². The number of hydrogen-bond acceptors (Lipinski definition) is 4. The van der Waals surface area contributed by atoms with E-state index in [4.69, 9.17) is 0 Å². The first-order chi connectivity index (χ1) is 12.8. The van der Waals surface area contributed by atoms with E-state index in [0.717, 1.165) is 28.9 Å². The normalized spacial score (nSPS) is 13.8. The largest absolute Gasteiger partial charge is 0.334 e. The molecule has 1 aliphatic heterocycles. The summed E-state index contributed by atoms with van der Waals surface area (Å²) in [6.07, 6.45) is 5.90. The summed E-state index contributed by atoms with van der Waals surface area (Å²) in [6.45, 7) is 1.21. The standard InChI is InChI=1S/C19H16N6O/c26-19(24-9-7-16-14(12-24)10-21-23-16)15-11-22-25-17(6-8-20-18(15)25)13-4-2-1-3-5-13/h1-6,8,10-11H,7,9,12H2,(H,21,23). The van der Waals surface area contributed by atoms with Gasteiger partial charge < -0.3 is 4.90 Å². The number of H-pyrrole nitrogens is 1. The van der Waals surface area contributed by atoms with Crippen LogP contribution in [0.5, 0.6) is 0 Å². The number of carbonyl (C=O) groups excluding carboxylic acids is 1. The van der Waals surface area contributed by atoms with E-state index in [-0.39, 0.29) is 5.91 Å². The molecule has 0 saturated heterocycles. The van der Waals surface area contributed by atoms with Gasteiger partial charge in [0.25, 0.3) is 5.91 Å². The number of rotatable bonds is 2. The van der Waals surface area contributed by atoms with Crippen LogP contribution in [0.1, 0.15) is 21.6 Å². The molecule has 0 radical (unpaired) electrons. The lowest BCUT2D eigenvalue weighted by molar-refractivity contribution is 0.0736. The molecule has 0 saturated carbocycles. The van der Waals surface area contributed by atoms with E-state index in [1.165, 1.54) is 0 Å². The molecule has 7 heteroatoms. The van der Waals surface area contributed by atoms with E-state index in [9.17, 15) is 4.79 Å². The van der Waals surface area contributed by atoms with E-state index in [2.05, 4.69) is 20.3 Å². The molecule has 1 aromatic carbocycles. The molecule has 4 aromatic rings. The third kappa shape index (κ3) is 2.28. The van der Waals surface area contributed by atoms with Gasteiger partial charge in [-0.3, -0.25) is 9.89 Å². The number of nitrogens with zero attached hydrogens (tertiary/aromatic N) is 5. The van der Waals surface area contributed by atoms with Gasteiger partial charge in [-0.05, 0) is 6.07 Å². The maximum atomic E-state index is 13.1. The molecule has 3 aromatic heterocycles. The first-order valence-electron chi connectivity index (χ1n) is 8.50. The second-order valence-electron chi connectivity index (χ2n) is 6.34. The van der Waals surface area contributed by atoms with Crippen molar-refractivity contribution in [1.29, 1.82) is 0 Å². The maximum absolute atomic E-state index is 13.1. The molecule has 5 rings (SSSR count). The second kappa shape index (κ2) is 5.80. The van der Waals surface area contributed by atoms with Crippen LogP contribution in [-0.2, 0) is 13.0 Å². The molecule has 26 heavy (non-hydrogen) atoms. The van der Waals surface area contributed by atoms with E-state index < -0.39 is 0 Å². The molecule has 0 fully saturated rings. The summed E-state index contributed by atoms with van der Waals surface area (Å²) < 4.78 is 1.73. The van der Waals surface area contributed by atoms with Gasteiger partial charge >= 0.3 is 0 Å². The van der Waals surface area contributed by atoms with Gasteiger partial charge in [0.05, 0.1) is 18.1 Å². The minimum atomic E-state index is -0.0513. The van der Waals surface area contributed by atoms with Crippen LogP contribution in [0, 0.1) is 0 Å². The summed E-state index contributed by atoms with van der Waals surface area (Å²) in [7, 11) is 0. The van der Waals surface area contributed by atoms with Crippen LogP contribution in [0.3, 0.4) is 0 Å². The van der Waals surface area contributed by atoms with E-state index >= 15 is 0 Å². The zero-order valence-electron chi connectivity index (χ0n) is 14.0. The van der Waals surface area contributed by atoms with E-state index in [1.807, 2.05) is 41.3 Å². The highest BCUT2D eigenvalue weighted by Crippen LogP contribution is 2.23. The molecule has 0 bridgehead atoms. The van der Waals surface area contributed by atoms with Crippen molar-refractivity contribution in [2.24, 2.45) is 0 Å². The van der Waals surface area contributed by atoms with Gasteiger partial charge in [0.2, 0.25) is 0 Å². The van der Waals surface area contributed by atoms with Crippen molar-refractivity contribution in [3.63, 3.8) is 0 Å². The Morgan fingerprint density at radius 3 is 2.88 bits per heavy atom. The third-order valence-corrected chi connectivity index (χ3v) is 4.79. The van der Waals surface area contributed by atoms with Crippen molar-refractivity contribution in [1.82, 2.24) is 29.7 Å². The van der Waals surface area contributed by atoms with Crippen LogP contribution in [0.2, 0.25) is 0 Å². The predicted molar refractivity (Wildman–Crippen MR) is 95.5 cm³/mol. The smallest absolute Gasteiger partial charge is 0.259 e. The maximum Gasteiger partial charge on any atom is 0.259 e. The molecule has 1 aliphatic rings. The number of benzene rings is 1. The predicted octanol–water partition coefficient (Wildman–Crippen LogP) is 2.32. The highest BCUT2D eigenvalue weighted by atomic mass is 16.2. The van der Waals surface area contributed by atoms with Gasteiger partial charge in [0, 0.05) is 42.5 Å². The molecule has 0 spiro atoms. The molecular formula is C19H16N6O. The first kappa shape index (κ1) is 14.8. The van der Waals surface area contributed by atoms with Crippen LogP contribution in [0.4, 0.5) is 0 Å². The van der Waals surface area contributed by atoms with Crippen LogP contribution in [0.25, 0.3) is 16.9 Å². The van der Waals surface area contributed by atoms with Crippen LogP contribution in [0.15, 0.2) is 55.0 Å². The van der Waals surface area contributed by atoms with Crippen LogP contribution < -0.4 is 0 Å². The number of carbonyl (C=O) groups is 1.